The predicted octanol–water partition coefficient (Wildman–Crippen LogP) is 0.674. The molecule has 10 nitrogen and oxygen atoms in total. The topological polar surface area (TPSA) is 134 Å². The summed E-state index contributed by atoms with van der Waals surface area (Å²) in [5, 5.41) is 13.3. The summed E-state index contributed by atoms with van der Waals surface area (Å²) < 4.78 is 24.7. The van der Waals surface area contributed by atoms with Gasteiger partial charge in [-0.2, -0.15) is 15.4 Å². The van der Waals surface area contributed by atoms with Crippen molar-refractivity contribution in [2.45, 2.75) is 38.4 Å². The van der Waals surface area contributed by atoms with Crippen LogP contribution in [0, 0.1) is 0 Å². The third-order valence-corrected chi connectivity index (χ3v) is 7.38. The fourth-order valence-electron chi connectivity index (χ4n) is 4.20. The maximum atomic E-state index is 12.6. The molecule has 3 heterocycles. The number of rotatable bonds is 7. The number of nitrogens with one attached hydrogen (secondary N) is 2. The van der Waals surface area contributed by atoms with Crippen LogP contribution in [0.2, 0.25) is 0 Å². The van der Waals surface area contributed by atoms with Crippen molar-refractivity contribution in [2.75, 3.05) is 16.8 Å². The van der Waals surface area contributed by atoms with Gasteiger partial charge < -0.3 is 10.2 Å². The number of amides is 1. The fraction of sp³-hybridized carbons (Fsp3) is 0.381. The van der Waals surface area contributed by atoms with Crippen LogP contribution in [-0.2, 0) is 47.0 Å². The highest BCUT2D eigenvalue weighted by molar-refractivity contribution is 7.92. The summed E-state index contributed by atoms with van der Waals surface area (Å²) >= 11 is 0. The van der Waals surface area contributed by atoms with Crippen molar-refractivity contribution in [1.82, 2.24) is 30.3 Å². The van der Waals surface area contributed by atoms with E-state index in [2.05, 4.69) is 42.8 Å². The molecule has 5 rings (SSSR count). The van der Waals surface area contributed by atoms with Gasteiger partial charge in [-0.15, -0.1) is 0 Å². The summed E-state index contributed by atoms with van der Waals surface area (Å²) in [5.74, 6) is -0.568. The number of benzene rings is 1. The van der Waals surface area contributed by atoms with E-state index in [9.17, 15) is 13.2 Å². The van der Waals surface area contributed by atoms with E-state index in [1.807, 2.05) is 12.1 Å². The summed E-state index contributed by atoms with van der Waals surface area (Å²) in [4.78, 5) is 23.1. The Hall–Kier alpha value is -3.34. The standard InChI is InChI=1S/C21H23N7O3S/c29-20(13-32(30,31)6-5-17-10-23-27-26-17)28-11-16-9-22-21(25-19(16)12-28)24-18-7-14-3-1-2-4-15(14)8-18/h1-4,9-10,18H,5-8,11-13H2,(H,22,24,25)(H,23,26,27). The van der Waals surface area contributed by atoms with Crippen molar-refractivity contribution in [3.63, 3.8) is 0 Å². The Labute approximate surface area is 185 Å². The van der Waals surface area contributed by atoms with Gasteiger partial charge in [0.05, 0.1) is 29.9 Å². The smallest absolute Gasteiger partial charge is 0.238 e. The average molecular weight is 454 g/mol. The maximum absolute atomic E-state index is 12.6. The number of aromatic amines is 1. The van der Waals surface area contributed by atoms with Crippen molar-refractivity contribution >= 4 is 21.7 Å². The number of nitrogens with zero attached hydrogens (tertiary/aromatic N) is 5. The molecule has 0 atom stereocenters. The first-order valence-corrected chi connectivity index (χ1v) is 12.3. The molecule has 0 spiro atoms. The first kappa shape index (κ1) is 20.6. The van der Waals surface area contributed by atoms with E-state index < -0.39 is 21.5 Å². The van der Waals surface area contributed by atoms with E-state index in [4.69, 9.17) is 0 Å². The van der Waals surface area contributed by atoms with E-state index in [0.717, 1.165) is 24.1 Å². The first-order valence-electron chi connectivity index (χ1n) is 10.5. The van der Waals surface area contributed by atoms with E-state index in [1.165, 1.54) is 22.2 Å². The molecule has 1 amide bonds. The van der Waals surface area contributed by atoms with Crippen LogP contribution >= 0.6 is 0 Å². The maximum Gasteiger partial charge on any atom is 0.238 e. The van der Waals surface area contributed by atoms with Crippen molar-refractivity contribution in [2.24, 2.45) is 0 Å². The Morgan fingerprint density at radius 1 is 1.12 bits per heavy atom. The molecular weight excluding hydrogens is 430 g/mol. The van der Waals surface area contributed by atoms with Gasteiger partial charge in [-0.25, -0.2) is 18.4 Å². The third kappa shape index (κ3) is 4.47. The molecule has 0 saturated heterocycles. The van der Waals surface area contributed by atoms with E-state index >= 15 is 0 Å². The number of carbonyl (C=O) groups is 1. The van der Waals surface area contributed by atoms with Crippen LogP contribution < -0.4 is 5.32 Å². The molecule has 0 unspecified atom stereocenters. The lowest BCUT2D eigenvalue weighted by Gasteiger charge is -2.15. The summed E-state index contributed by atoms with van der Waals surface area (Å²) in [6, 6.07) is 8.62. The molecular formula is C21H23N7O3S. The number of hydrogen-bond acceptors (Lipinski definition) is 8. The molecule has 2 aliphatic rings. The van der Waals surface area contributed by atoms with Crippen molar-refractivity contribution in [1.29, 1.82) is 0 Å². The van der Waals surface area contributed by atoms with Gasteiger partial charge in [-0.3, -0.25) is 4.79 Å². The second-order valence-corrected chi connectivity index (χ2v) is 10.4. The molecule has 0 fully saturated rings. The zero-order valence-electron chi connectivity index (χ0n) is 17.4. The zero-order chi connectivity index (χ0) is 22.1. The molecule has 0 saturated carbocycles. The monoisotopic (exact) mass is 453 g/mol. The average Bonchev–Trinajstić information content (AvgIpc) is 3.50. The highest BCUT2D eigenvalue weighted by Gasteiger charge is 2.29. The summed E-state index contributed by atoms with van der Waals surface area (Å²) in [5.41, 5.74) is 4.83. The number of H-pyrrole nitrogens is 1. The molecule has 1 aliphatic carbocycles. The van der Waals surface area contributed by atoms with Crippen LogP contribution in [0.15, 0.2) is 36.7 Å². The lowest BCUT2D eigenvalue weighted by atomic mass is 10.1. The lowest BCUT2D eigenvalue weighted by Crippen LogP contribution is -2.32. The molecule has 2 aromatic heterocycles. The molecule has 11 heteroatoms. The quantitative estimate of drug-likeness (QED) is 0.533. The summed E-state index contributed by atoms with van der Waals surface area (Å²) in [6.45, 7) is 0.608. The van der Waals surface area contributed by atoms with Gasteiger partial charge >= 0.3 is 0 Å². The number of hydrogen-bond donors (Lipinski definition) is 2. The number of carbonyl (C=O) groups excluding carboxylic acids is 1. The third-order valence-electron chi connectivity index (χ3n) is 5.87. The molecule has 1 aromatic carbocycles. The molecule has 3 aromatic rings. The van der Waals surface area contributed by atoms with Crippen LogP contribution in [0.5, 0.6) is 0 Å². The van der Waals surface area contributed by atoms with Crippen LogP contribution in [0.1, 0.15) is 28.1 Å². The van der Waals surface area contributed by atoms with Crippen LogP contribution in [0.25, 0.3) is 0 Å². The van der Waals surface area contributed by atoms with Crippen molar-refractivity contribution in [3.8, 4) is 0 Å². The summed E-state index contributed by atoms with van der Waals surface area (Å²) in [6.07, 6.45) is 5.26. The number of aromatic nitrogens is 5. The van der Waals surface area contributed by atoms with Gasteiger partial charge in [-0.05, 0) is 24.0 Å². The van der Waals surface area contributed by atoms with Crippen LogP contribution in [0.4, 0.5) is 5.95 Å². The van der Waals surface area contributed by atoms with E-state index in [1.54, 1.807) is 6.20 Å². The number of aryl methyl sites for hydroxylation is 1. The minimum Gasteiger partial charge on any atom is -0.351 e. The molecule has 0 radical (unpaired) electrons. The molecule has 0 bridgehead atoms. The normalized spacial score (nSPS) is 15.6. The lowest BCUT2D eigenvalue weighted by molar-refractivity contribution is -0.129. The SMILES string of the molecule is O=C(CS(=O)(=O)CCc1cn[nH]n1)N1Cc2cnc(NC3Cc4ccccc4C3)nc2C1. The Bertz CT molecular complexity index is 1220. The highest BCUT2D eigenvalue weighted by atomic mass is 32.2. The van der Waals surface area contributed by atoms with Crippen LogP contribution in [-0.4, -0.2) is 62.2 Å². The molecule has 2 N–H and O–H groups in total. The molecule has 1 aliphatic heterocycles. The number of anilines is 1. The summed E-state index contributed by atoms with van der Waals surface area (Å²) in [7, 11) is -3.55. The van der Waals surface area contributed by atoms with Gasteiger partial charge in [0.15, 0.2) is 9.84 Å². The highest BCUT2D eigenvalue weighted by Crippen LogP contribution is 2.25. The first-order chi connectivity index (χ1) is 15.4. The van der Waals surface area contributed by atoms with Gasteiger partial charge in [0.1, 0.15) is 5.75 Å². The van der Waals surface area contributed by atoms with Crippen molar-refractivity contribution < 1.29 is 13.2 Å². The molecule has 166 valence electrons. The van der Waals surface area contributed by atoms with Crippen molar-refractivity contribution in [3.05, 3.63) is 64.7 Å². The minimum atomic E-state index is -3.55. The fourth-order valence-corrected chi connectivity index (χ4v) is 5.42. The number of fused-ring (bicyclic) bond motifs is 2. The zero-order valence-corrected chi connectivity index (χ0v) is 18.2. The van der Waals surface area contributed by atoms with E-state index in [0.29, 0.717) is 18.2 Å². The largest absolute Gasteiger partial charge is 0.351 e. The van der Waals surface area contributed by atoms with Gasteiger partial charge in [0, 0.05) is 30.8 Å². The van der Waals surface area contributed by atoms with Gasteiger partial charge in [0.2, 0.25) is 11.9 Å². The molecule has 32 heavy (non-hydrogen) atoms. The van der Waals surface area contributed by atoms with E-state index in [-0.39, 0.29) is 24.8 Å². The predicted molar refractivity (Wildman–Crippen MR) is 116 cm³/mol. The Morgan fingerprint density at radius 3 is 2.62 bits per heavy atom. The van der Waals surface area contributed by atoms with Crippen LogP contribution in [0.3, 0.4) is 0 Å². The second-order valence-electron chi connectivity index (χ2n) is 8.24. The minimum absolute atomic E-state index is 0.149. The number of sulfone groups is 1. The Morgan fingerprint density at radius 2 is 1.91 bits per heavy atom. The Balaban J connectivity index is 1.17. The van der Waals surface area contributed by atoms with Gasteiger partial charge in [-0.1, -0.05) is 24.3 Å². The second kappa shape index (κ2) is 8.30. The Kier molecular flexibility index (Phi) is 5.33. The van der Waals surface area contributed by atoms with Gasteiger partial charge in [0.25, 0.3) is 0 Å².